The molecule has 11 heavy (non-hydrogen) atoms. The first-order valence-electron chi connectivity index (χ1n) is 3.84. The largest absolute Gasteiger partial charge is 0.390 e. The molecule has 0 aromatic rings. The molecule has 1 rings (SSSR count). The van der Waals surface area contributed by atoms with E-state index in [0.717, 1.165) is 6.42 Å². The number of hydrogen-bond acceptors (Lipinski definition) is 4. The fourth-order valence-corrected chi connectivity index (χ4v) is 1.19. The summed E-state index contributed by atoms with van der Waals surface area (Å²) in [6, 6.07) is 0. The highest BCUT2D eigenvalue weighted by atomic mass is 16.6. The third-order valence-electron chi connectivity index (χ3n) is 1.98. The second-order valence-electron chi connectivity index (χ2n) is 2.85. The molecule has 0 saturated carbocycles. The molecule has 1 aliphatic rings. The fraction of sp³-hybridized carbons (Fsp3) is 1.00. The summed E-state index contributed by atoms with van der Waals surface area (Å²) in [5, 5.41) is 27.2. The predicted molar refractivity (Wildman–Crippen MR) is 37.8 cm³/mol. The van der Waals surface area contributed by atoms with Gasteiger partial charge in [-0.1, -0.05) is 6.92 Å². The fourth-order valence-electron chi connectivity index (χ4n) is 1.19. The van der Waals surface area contributed by atoms with Gasteiger partial charge in [-0.25, -0.2) is 0 Å². The maximum Gasteiger partial charge on any atom is 0.183 e. The van der Waals surface area contributed by atoms with Gasteiger partial charge in [-0.3, -0.25) is 0 Å². The Balaban J connectivity index is 2.47. The Hall–Kier alpha value is -0.160. The van der Waals surface area contributed by atoms with Gasteiger partial charge in [0.15, 0.2) is 6.29 Å². The standard InChI is InChI=1S/C7H14O4/c1-2-4-3-5(8)6(9)7(10)11-4/h4-10H,2-3H2,1H3/t4?,5-,6?,7-/m0/s1. The number of aliphatic hydroxyl groups is 3. The van der Waals surface area contributed by atoms with Crippen molar-refractivity contribution in [3.05, 3.63) is 0 Å². The number of hydrogen-bond donors (Lipinski definition) is 3. The number of ether oxygens (including phenoxy) is 1. The maximum atomic E-state index is 9.16. The van der Waals surface area contributed by atoms with Gasteiger partial charge in [0.05, 0.1) is 12.2 Å². The van der Waals surface area contributed by atoms with Crippen LogP contribution in [-0.2, 0) is 4.74 Å². The zero-order chi connectivity index (χ0) is 8.43. The summed E-state index contributed by atoms with van der Waals surface area (Å²) in [7, 11) is 0. The monoisotopic (exact) mass is 162 g/mol. The van der Waals surface area contributed by atoms with E-state index in [0.29, 0.717) is 6.42 Å². The number of rotatable bonds is 1. The lowest BCUT2D eigenvalue weighted by atomic mass is 10.0. The van der Waals surface area contributed by atoms with Crippen LogP contribution in [0.5, 0.6) is 0 Å². The molecule has 0 spiro atoms. The third kappa shape index (κ3) is 1.90. The molecule has 0 amide bonds. The van der Waals surface area contributed by atoms with Gasteiger partial charge in [0, 0.05) is 6.42 Å². The van der Waals surface area contributed by atoms with Crippen molar-refractivity contribution >= 4 is 0 Å². The van der Waals surface area contributed by atoms with Gasteiger partial charge in [0.25, 0.3) is 0 Å². The smallest absolute Gasteiger partial charge is 0.183 e. The van der Waals surface area contributed by atoms with Crippen molar-refractivity contribution in [3.63, 3.8) is 0 Å². The van der Waals surface area contributed by atoms with Crippen LogP contribution in [0.3, 0.4) is 0 Å². The summed E-state index contributed by atoms with van der Waals surface area (Å²) < 4.78 is 4.96. The highest BCUT2D eigenvalue weighted by molar-refractivity contribution is 4.79. The second kappa shape index (κ2) is 3.49. The summed E-state index contributed by atoms with van der Waals surface area (Å²) >= 11 is 0. The van der Waals surface area contributed by atoms with Crippen LogP contribution >= 0.6 is 0 Å². The van der Waals surface area contributed by atoms with Gasteiger partial charge >= 0.3 is 0 Å². The van der Waals surface area contributed by atoms with Crippen LogP contribution in [0.1, 0.15) is 19.8 Å². The Bertz CT molecular complexity index is 116. The SMILES string of the molecule is CCC1C[C@H](O)C(O)[C@@H](O)O1. The molecule has 1 aliphatic heterocycles. The van der Waals surface area contributed by atoms with Gasteiger partial charge in [0.1, 0.15) is 6.10 Å². The lowest BCUT2D eigenvalue weighted by molar-refractivity contribution is -0.246. The molecule has 2 unspecified atom stereocenters. The van der Waals surface area contributed by atoms with E-state index in [1.807, 2.05) is 6.92 Å². The van der Waals surface area contributed by atoms with Gasteiger partial charge in [-0.2, -0.15) is 0 Å². The van der Waals surface area contributed by atoms with Crippen molar-refractivity contribution < 1.29 is 20.1 Å². The minimum absolute atomic E-state index is 0.136. The van der Waals surface area contributed by atoms with E-state index in [9.17, 15) is 0 Å². The Kier molecular flexibility index (Phi) is 2.84. The van der Waals surface area contributed by atoms with Gasteiger partial charge in [-0.05, 0) is 6.42 Å². The van der Waals surface area contributed by atoms with E-state index in [1.54, 1.807) is 0 Å². The van der Waals surface area contributed by atoms with Crippen LogP contribution in [0, 0.1) is 0 Å². The van der Waals surface area contributed by atoms with Gasteiger partial charge < -0.3 is 20.1 Å². The van der Waals surface area contributed by atoms with E-state index in [-0.39, 0.29) is 6.10 Å². The summed E-state index contributed by atoms with van der Waals surface area (Å²) in [5.74, 6) is 0. The Labute approximate surface area is 65.4 Å². The number of aliphatic hydroxyl groups excluding tert-OH is 3. The highest BCUT2D eigenvalue weighted by Crippen LogP contribution is 2.20. The maximum absolute atomic E-state index is 9.16. The average Bonchev–Trinajstić information content (AvgIpc) is 1.99. The first kappa shape index (κ1) is 8.93. The highest BCUT2D eigenvalue weighted by Gasteiger charge is 2.34. The van der Waals surface area contributed by atoms with Gasteiger partial charge in [-0.15, -0.1) is 0 Å². The molecule has 1 fully saturated rings. The summed E-state index contributed by atoms with van der Waals surface area (Å²) in [6.45, 7) is 1.90. The molecule has 0 aliphatic carbocycles. The third-order valence-corrected chi connectivity index (χ3v) is 1.98. The molecule has 0 aromatic heterocycles. The molecule has 0 aromatic carbocycles. The zero-order valence-electron chi connectivity index (χ0n) is 6.47. The summed E-state index contributed by atoms with van der Waals surface area (Å²) in [5.41, 5.74) is 0. The predicted octanol–water partition coefficient (Wildman–Crippen LogP) is -0.775. The normalized spacial score (nSPS) is 45.8. The van der Waals surface area contributed by atoms with Crippen LogP contribution in [0.4, 0.5) is 0 Å². The topological polar surface area (TPSA) is 69.9 Å². The molecular formula is C7H14O4. The first-order valence-corrected chi connectivity index (χ1v) is 3.84. The first-order chi connectivity index (χ1) is 5.15. The van der Waals surface area contributed by atoms with E-state index in [1.165, 1.54) is 0 Å². The molecule has 66 valence electrons. The minimum Gasteiger partial charge on any atom is -0.390 e. The van der Waals surface area contributed by atoms with E-state index in [2.05, 4.69) is 0 Å². The van der Waals surface area contributed by atoms with Crippen LogP contribution in [0.15, 0.2) is 0 Å². The minimum atomic E-state index is -1.23. The van der Waals surface area contributed by atoms with Crippen LogP contribution in [-0.4, -0.2) is 39.9 Å². The Morgan fingerprint density at radius 1 is 1.36 bits per heavy atom. The lowest BCUT2D eigenvalue weighted by Gasteiger charge is -2.33. The van der Waals surface area contributed by atoms with Crippen molar-refractivity contribution in [2.45, 2.75) is 44.4 Å². The van der Waals surface area contributed by atoms with Crippen molar-refractivity contribution in [2.75, 3.05) is 0 Å². The zero-order valence-corrected chi connectivity index (χ0v) is 6.47. The molecule has 1 saturated heterocycles. The van der Waals surface area contributed by atoms with Crippen molar-refractivity contribution in [1.82, 2.24) is 0 Å². The van der Waals surface area contributed by atoms with Crippen molar-refractivity contribution in [3.8, 4) is 0 Å². The molecule has 3 N–H and O–H groups in total. The molecule has 4 heteroatoms. The Morgan fingerprint density at radius 3 is 2.45 bits per heavy atom. The lowest BCUT2D eigenvalue weighted by Crippen LogP contribution is -2.47. The van der Waals surface area contributed by atoms with E-state index < -0.39 is 18.5 Å². The van der Waals surface area contributed by atoms with Crippen LogP contribution in [0.2, 0.25) is 0 Å². The van der Waals surface area contributed by atoms with Crippen LogP contribution < -0.4 is 0 Å². The van der Waals surface area contributed by atoms with E-state index in [4.69, 9.17) is 20.1 Å². The van der Waals surface area contributed by atoms with Crippen molar-refractivity contribution in [1.29, 1.82) is 0 Å². The van der Waals surface area contributed by atoms with E-state index >= 15 is 0 Å². The average molecular weight is 162 g/mol. The van der Waals surface area contributed by atoms with Gasteiger partial charge in [0.2, 0.25) is 0 Å². The molecular weight excluding hydrogens is 148 g/mol. The molecule has 1 heterocycles. The quantitative estimate of drug-likeness (QED) is 0.473. The summed E-state index contributed by atoms with van der Waals surface area (Å²) in [4.78, 5) is 0. The van der Waals surface area contributed by atoms with Crippen LogP contribution in [0.25, 0.3) is 0 Å². The molecule has 4 atom stereocenters. The van der Waals surface area contributed by atoms with Crippen molar-refractivity contribution in [2.24, 2.45) is 0 Å². The Morgan fingerprint density at radius 2 is 2.00 bits per heavy atom. The molecule has 0 bridgehead atoms. The molecule has 0 radical (unpaired) electrons. The molecule has 4 nitrogen and oxygen atoms in total. The summed E-state index contributed by atoms with van der Waals surface area (Å²) in [6.07, 6.45) is -2.25. The second-order valence-corrected chi connectivity index (χ2v) is 2.85.